The molecule has 11 heteroatoms. The van der Waals surface area contributed by atoms with Gasteiger partial charge in [-0.25, -0.2) is 4.98 Å². The Bertz CT molecular complexity index is 1050. The average molecular weight is 460 g/mol. The van der Waals surface area contributed by atoms with Gasteiger partial charge in [-0.05, 0) is 23.8 Å². The van der Waals surface area contributed by atoms with Gasteiger partial charge in [-0.2, -0.15) is 14.4 Å². The van der Waals surface area contributed by atoms with Crippen LogP contribution in [0, 0.1) is 11.8 Å². The number of hydrogen-bond acceptors (Lipinski definition) is 9. The molecule has 0 amide bonds. The van der Waals surface area contributed by atoms with Crippen LogP contribution in [0.5, 0.6) is 0 Å². The van der Waals surface area contributed by atoms with Gasteiger partial charge in [0.15, 0.2) is 5.13 Å². The monoisotopic (exact) mass is 459 g/mol. The number of hydrogen-bond donors (Lipinski definition) is 0. The molecule has 31 heavy (non-hydrogen) atoms. The number of carbonyl (C=O) groups excluding carboxylic acids is 2. The highest BCUT2D eigenvalue weighted by Gasteiger charge is 2.41. The molecule has 0 bridgehead atoms. The van der Waals surface area contributed by atoms with Crippen LogP contribution >= 0.6 is 22.9 Å². The van der Waals surface area contributed by atoms with Crippen molar-refractivity contribution in [1.29, 1.82) is 0 Å². The van der Waals surface area contributed by atoms with Gasteiger partial charge < -0.3 is 9.80 Å². The fourth-order valence-electron chi connectivity index (χ4n) is 4.21. The first-order chi connectivity index (χ1) is 15.1. The van der Waals surface area contributed by atoms with Gasteiger partial charge in [-0.1, -0.05) is 42.0 Å². The smallest absolute Gasteiger partial charge is 0.370 e. The van der Waals surface area contributed by atoms with E-state index in [2.05, 4.69) is 49.3 Å². The van der Waals surface area contributed by atoms with Gasteiger partial charge in [0, 0.05) is 38.0 Å². The van der Waals surface area contributed by atoms with Gasteiger partial charge in [0.2, 0.25) is 5.82 Å². The molecule has 2 fully saturated rings. The maximum atomic E-state index is 8.12. The number of aryl methyl sites for hydroxylation is 1. The summed E-state index contributed by atoms with van der Waals surface area (Å²) in [6.45, 7) is 7.07. The SMILES string of the molecule is CCCn1nnc(-c2cnc(N3CC4CN(c5ccccc5Cl)CC4C3)s2)n1.O=C=O. The van der Waals surface area contributed by atoms with Crippen molar-refractivity contribution in [2.45, 2.75) is 19.9 Å². The Morgan fingerprint density at radius 3 is 2.48 bits per heavy atom. The molecule has 2 unspecified atom stereocenters. The van der Waals surface area contributed by atoms with E-state index in [1.807, 2.05) is 18.3 Å². The summed E-state index contributed by atoms with van der Waals surface area (Å²) in [4.78, 5) is 28.4. The first kappa shape index (κ1) is 21.4. The summed E-state index contributed by atoms with van der Waals surface area (Å²) in [5.74, 6) is 1.96. The number of halogens is 1. The lowest BCUT2D eigenvalue weighted by molar-refractivity contribution is -0.191. The van der Waals surface area contributed by atoms with Crippen LogP contribution in [0.2, 0.25) is 5.02 Å². The summed E-state index contributed by atoms with van der Waals surface area (Å²) in [7, 11) is 0. The van der Waals surface area contributed by atoms with Crippen LogP contribution in [0.3, 0.4) is 0 Å². The third-order valence-electron chi connectivity index (χ3n) is 5.54. The molecular weight excluding hydrogens is 438 g/mol. The number of rotatable bonds is 5. The van der Waals surface area contributed by atoms with Crippen molar-refractivity contribution in [2.75, 3.05) is 36.0 Å². The van der Waals surface area contributed by atoms with Gasteiger partial charge in [0.1, 0.15) is 0 Å². The minimum atomic E-state index is 0.250. The van der Waals surface area contributed by atoms with Gasteiger partial charge in [-0.3, -0.25) is 0 Å². The van der Waals surface area contributed by atoms with Crippen LogP contribution in [0.25, 0.3) is 10.7 Å². The van der Waals surface area contributed by atoms with Gasteiger partial charge in [0.25, 0.3) is 0 Å². The molecule has 3 aromatic rings. The second kappa shape index (κ2) is 9.55. The molecule has 0 radical (unpaired) electrons. The predicted molar refractivity (Wildman–Crippen MR) is 117 cm³/mol. The molecule has 2 aromatic heterocycles. The minimum Gasteiger partial charge on any atom is -0.370 e. The Hall–Kier alpha value is -2.81. The van der Waals surface area contributed by atoms with E-state index in [0.29, 0.717) is 17.7 Å². The minimum absolute atomic E-state index is 0.250. The Morgan fingerprint density at radius 2 is 1.81 bits per heavy atom. The van der Waals surface area contributed by atoms with E-state index in [-0.39, 0.29) is 6.15 Å². The molecule has 2 atom stereocenters. The topological polar surface area (TPSA) is 97.1 Å². The number of aromatic nitrogens is 5. The van der Waals surface area contributed by atoms with Crippen molar-refractivity contribution < 1.29 is 9.59 Å². The summed E-state index contributed by atoms with van der Waals surface area (Å²) < 4.78 is 0. The van der Waals surface area contributed by atoms with Crippen LogP contribution in [-0.2, 0) is 16.1 Å². The van der Waals surface area contributed by atoms with Crippen molar-refractivity contribution in [3.63, 3.8) is 0 Å². The molecule has 0 spiro atoms. The Morgan fingerprint density at radius 1 is 1.13 bits per heavy atom. The molecule has 9 nitrogen and oxygen atoms in total. The number of nitrogens with zero attached hydrogens (tertiary/aromatic N) is 7. The van der Waals surface area contributed by atoms with Gasteiger partial charge in [0.05, 0.1) is 28.3 Å². The maximum Gasteiger partial charge on any atom is 0.373 e. The van der Waals surface area contributed by atoms with E-state index in [4.69, 9.17) is 21.2 Å². The van der Waals surface area contributed by atoms with E-state index < -0.39 is 0 Å². The molecule has 0 aliphatic carbocycles. The van der Waals surface area contributed by atoms with Crippen molar-refractivity contribution in [1.82, 2.24) is 25.2 Å². The number of para-hydroxylation sites is 1. The highest BCUT2D eigenvalue weighted by atomic mass is 35.5. The third-order valence-corrected chi connectivity index (χ3v) is 6.91. The summed E-state index contributed by atoms with van der Waals surface area (Å²) in [5.41, 5.74) is 1.16. The first-order valence-corrected chi connectivity index (χ1v) is 11.3. The summed E-state index contributed by atoms with van der Waals surface area (Å²) in [6, 6.07) is 8.13. The zero-order valence-corrected chi connectivity index (χ0v) is 18.6. The van der Waals surface area contributed by atoms with Crippen molar-refractivity contribution in [3.05, 3.63) is 35.5 Å². The highest BCUT2D eigenvalue weighted by Crippen LogP contribution is 2.39. The van der Waals surface area contributed by atoms with Crippen LogP contribution < -0.4 is 9.80 Å². The van der Waals surface area contributed by atoms with Crippen molar-refractivity contribution in [3.8, 4) is 10.7 Å². The van der Waals surface area contributed by atoms with Crippen LogP contribution in [0.1, 0.15) is 13.3 Å². The second-order valence-corrected chi connectivity index (χ2v) is 9.00. The maximum absolute atomic E-state index is 8.12. The fraction of sp³-hybridized carbons (Fsp3) is 0.450. The molecular formula is C20H22ClN7O2S. The number of tetrazole rings is 1. The Balaban J connectivity index is 0.000000730. The number of anilines is 2. The standard InChI is InChI=1S/C19H22ClN7S.CO2/c1-2-7-27-23-18(22-24-27)17-8-21-19(28-17)26-11-13-9-25(10-14(13)12-26)16-6-4-3-5-15(16)20;2-1-3/h3-6,8,13-14H,2,7,9-12H2,1H3;. The number of benzene rings is 1. The molecule has 162 valence electrons. The quantitative estimate of drug-likeness (QED) is 0.574. The lowest BCUT2D eigenvalue weighted by Crippen LogP contribution is -2.28. The summed E-state index contributed by atoms with van der Waals surface area (Å²) >= 11 is 8.04. The lowest BCUT2D eigenvalue weighted by Gasteiger charge is -2.23. The molecule has 1 aromatic carbocycles. The van der Waals surface area contributed by atoms with Crippen molar-refractivity contribution >= 4 is 39.9 Å². The van der Waals surface area contributed by atoms with E-state index in [9.17, 15) is 0 Å². The van der Waals surface area contributed by atoms with Gasteiger partial charge >= 0.3 is 6.15 Å². The van der Waals surface area contributed by atoms with Gasteiger partial charge in [-0.15, -0.1) is 10.2 Å². The largest absolute Gasteiger partial charge is 0.373 e. The number of thiazole rings is 1. The lowest BCUT2D eigenvalue weighted by atomic mass is 10.0. The molecule has 0 N–H and O–H groups in total. The predicted octanol–water partition coefficient (Wildman–Crippen LogP) is 2.85. The van der Waals surface area contributed by atoms with E-state index in [0.717, 1.165) is 59.9 Å². The summed E-state index contributed by atoms with van der Waals surface area (Å²) in [6.07, 6.45) is 3.11. The van der Waals surface area contributed by atoms with Crippen LogP contribution in [0.15, 0.2) is 30.5 Å². The average Bonchev–Trinajstić information content (AvgIpc) is 3.52. The molecule has 2 aliphatic rings. The van der Waals surface area contributed by atoms with E-state index >= 15 is 0 Å². The molecule has 2 aliphatic heterocycles. The molecule has 4 heterocycles. The highest BCUT2D eigenvalue weighted by molar-refractivity contribution is 7.18. The number of fused-ring (bicyclic) bond motifs is 1. The zero-order valence-electron chi connectivity index (χ0n) is 17.0. The van der Waals surface area contributed by atoms with E-state index in [1.54, 1.807) is 16.1 Å². The van der Waals surface area contributed by atoms with E-state index in [1.165, 1.54) is 0 Å². The summed E-state index contributed by atoms with van der Waals surface area (Å²) in [5, 5.41) is 14.6. The van der Waals surface area contributed by atoms with Crippen LogP contribution in [0.4, 0.5) is 10.8 Å². The third kappa shape index (κ3) is 4.61. The van der Waals surface area contributed by atoms with Crippen molar-refractivity contribution in [2.24, 2.45) is 11.8 Å². The van der Waals surface area contributed by atoms with Crippen LogP contribution in [-0.4, -0.2) is 57.5 Å². The second-order valence-electron chi connectivity index (χ2n) is 7.58. The Labute approximate surface area is 188 Å². The fourth-order valence-corrected chi connectivity index (χ4v) is 5.32. The normalized spacial score (nSPS) is 19.7. The first-order valence-electron chi connectivity index (χ1n) is 10.1. The Kier molecular flexibility index (Phi) is 6.60. The molecule has 0 saturated carbocycles. The molecule has 2 saturated heterocycles. The zero-order chi connectivity index (χ0) is 21.8. The molecule has 5 rings (SSSR count).